The van der Waals surface area contributed by atoms with Crippen molar-refractivity contribution in [2.24, 2.45) is 0 Å². The SMILES string of the molecule is CCCc1c(-c2c(C)c(C)c(C)c(C)c2C)c(C(C)C)nn1-c1[c-]c(Oc2[c-]c3c(cc2)c2ccccc2n3-c2cc(C)ccn2)ccc1.[Pt+2]. The van der Waals surface area contributed by atoms with Crippen LogP contribution in [0.3, 0.4) is 0 Å². The summed E-state index contributed by atoms with van der Waals surface area (Å²) in [5, 5.41) is 7.57. The van der Waals surface area contributed by atoms with Gasteiger partial charge in [-0.15, -0.1) is 35.7 Å². The van der Waals surface area contributed by atoms with Crippen molar-refractivity contribution in [1.82, 2.24) is 19.3 Å². The molecule has 0 N–H and O–H groups in total. The van der Waals surface area contributed by atoms with Gasteiger partial charge in [0.2, 0.25) is 0 Å². The fraction of sp³-hybridized carbons (Fsp3) is 0.273. The monoisotopic (exact) mass is 839 g/mol. The molecule has 50 heavy (non-hydrogen) atoms. The Morgan fingerprint density at radius 1 is 0.740 bits per heavy atom. The van der Waals surface area contributed by atoms with Crippen molar-refractivity contribution < 1.29 is 25.8 Å². The van der Waals surface area contributed by atoms with Gasteiger partial charge in [0.25, 0.3) is 0 Å². The van der Waals surface area contributed by atoms with Crippen LogP contribution in [-0.2, 0) is 27.5 Å². The summed E-state index contributed by atoms with van der Waals surface area (Å²) in [5.74, 6) is 2.34. The van der Waals surface area contributed by atoms with E-state index in [1.165, 1.54) is 44.6 Å². The van der Waals surface area contributed by atoms with Gasteiger partial charge in [-0.2, -0.15) is 17.2 Å². The summed E-state index contributed by atoms with van der Waals surface area (Å²) < 4.78 is 10.8. The Kier molecular flexibility index (Phi) is 9.93. The van der Waals surface area contributed by atoms with Crippen molar-refractivity contribution in [3.8, 4) is 34.1 Å². The van der Waals surface area contributed by atoms with Gasteiger partial charge in [-0.3, -0.25) is 4.68 Å². The molecule has 5 nitrogen and oxygen atoms in total. The molecule has 4 aromatic carbocycles. The van der Waals surface area contributed by atoms with Crippen molar-refractivity contribution in [3.63, 3.8) is 0 Å². The van der Waals surface area contributed by atoms with E-state index in [9.17, 15) is 0 Å². The van der Waals surface area contributed by atoms with E-state index in [1.54, 1.807) is 0 Å². The number of rotatable bonds is 8. The largest absolute Gasteiger partial charge is 2.00 e. The summed E-state index contributed by atoms with van der Waals surface area (Å²) >= 11 is 0. The molecule has 7 rings (SSSR count). The van der Waals surface area contributed by atoms with E-state index in [-0.39, 0.29) is 27.0 Å². The number of nitrogens with zero attached hydrogens (tertiary/aromatic N) is 4. The molecule has 0 aliphatic carbocycles. The third kappa shape index (κ3) is 6.00. The van der Waals surface area contributed by atoms with Crippen LogP contribution in [0.2, 0.25) is 0 Å². The minimum absolute atomic E-state index is 0. The first-order chi connectivity index (χ1) is 23.6. The molecule has 256 valence electrons. The molecular formula is C44H44N4OPt. The van der Waals surface area contributed by atoms with Gasteiger partial charge < -0.3 is 9.30 Å². The third-order valence-electron chi connectivity index (χ3n) is 10.2. The molecular weight excluding hydrogens is 796 g/mol. The minimum Gasteiger partial charge on any atom is -0.509 e. The Bertz CT molecular complexity index is 2350. The number of para-hydroxylation sites is 1. The Labute approximate surface area is 310 Å². The van der Waals surface area contributed by atoms with Gasteiger partial charge in [-0.1, -0.05) is 50.9 Å². The standard InChI is InChI=1S/C44H44N4O.Pt/c1-10-14-39-43(42-31(8)29(6)28(5)30(7)32(42)9)44(26(2)3)46-48(39)33-15-13-16-34(24-33)49-35-19-20-37-36-17-11-12-18-38(36)47(40(37)25-35)41-23-27(4)21-22-45-41;/h11-13,15-23,26H,10,14H2,1-9H3;/q-2;+2. The van der Waals surface area contributed by atoms with E-state index in [4.69, 9.17) is 14.8 Å². The third-order valence-corrected chi connectivity index (χ3v) is 10.2. The minimum atomic E-state index is 0. The smallest absolute Gasteiger partial charge is 0.509 e. The molecule has 0 aliphatic heterocycles. The van der Waals surface area contributed by atoms with E-state index in [2.05, 4.69) is 126 Å². The van der Waals surface area contributed by atoms with Crippen LogP contribution in [0.4, 0.5) is 0 Å². The van der Waals surface area contributed by atoms with Crippen molar-refractivity contribution in [1.29, 1.82) is 0 Å². The van der Waals surface area contributed by atoms with E-state index in [0.29, 0.717) is 11.5 Å². The van der Waals surface area contributed by atoms with Gasteiger partial charge in [0.05, 0.1) is 5.69 Å². The Balaban J connectivity index is 0.00000432. The second kappa shape index (κ2) is 14.0. The predicted octanol–water partition coefficient (Wildman–Crippen LogP) is 11.3. The number of pyridine rings is 1. The molecule has 0 aliphatic rings. The molecule has 0 amide bonds. The molecule has 0 fully saturated rings. The zero-order valence-electron chi connectivity index (χ0n) is 30.4. The molecule has 3 heterocycles. The average Bonchev–Trinajstić information content (AvgIpc) is 3.63. The summed E-state index contributed by atoms with van der Waals surface area (Å²) in [4.78, 5) is 4.72. The van der Waals surface area contributed by atoms with E-state index < -0.39 is 0 Å². The molecule has 0 saturated carbocycles. The van der Waals surface area contributed by atoms with Crippen LogP contribution in [0.25, 0.3) is 44.4 Å². The van der Waals surface area contributed by atoms with Crippen molar-refractivity contribution in [2.75, 3.05) is 0 Å². The first-order valence-corrected chi connectivity index (χ1v) is 17.4. The van der Waals surface area contributed by atoms with Gasteiger partial charge in [0, 0.05) is 34.5 Å². The van der Waals surface area contributed by atoms with Crippen LogP contribution < -0.4 is 4.74 Å². The second-order valence-corrected chi connectivity index (χ2v) is 13.7. The van der Waals surface area contributed by atoms with Crippen LogP contribution in [0.15, 0.2) is 72.9 Å². The molecule has 0 unspecified atom stereocenters. The second-order valence-electron chi connectivity index (χ2n) is 13.7. The Morgan fingerprint density at radius 3 is 2.14 bits per heavy atom. The molecule has 3 aromatic heterocycles. The van der Waals surface area contributed by atoms with Crippen LogP contribution in [-0.4, -0.2) is 19.3 Å². The fourth-order valence-corrected chi connectivity index (χ4v) is 7.24. The quantitative estimate of drug-likeness (QED) is 0.143. The van der Waals surface area contributed by atoms with Gasteiger partial charge >= 0.3 is 21.1 Å². The zero-order chi connectivity index (χ0) is 34.6. The van der Waals surface area contributed by atoms with E-state index in [1.807, 2.05) is 30.5 Å². The van der Waals surface area contributed by atoms with Crippen LogP contribution >= 0.6 is 0 Å². The van der Waals surface area contributed by atoms with Crippen molar-refractivity contribution >= 4 is 21.8 Å². The molecule has 6 heteroatoms. The zero-order valence-corrected chi connectivity index (χ0v) is 32.7. The van der Waals surface area contributed by atoms with Crippen molar-refractivity contribution in [3.05, 3.63) is 130 Å². The maximum absolute atomic E-state index is 6.53. The van der Waals surface area contributed by atoms with Crippen LogP contribution in [0.1, 0.15) is 77.9 Å². The van der Waals surface area contributed by atoms with Gasteiger partial charge in [0.15, 0.2) is 0 Å². The molecule has 0 atom stereocenters. The summed E-state index contributed by atoms with van der Waals surface area (Å²) in [5.41, 5.74) is 15.7. The maximum atomic E-state index is 6.53. The topological polar surface area (TPSA) is 44.9 Å². The first-order valence-electron chi connectivity index (χ1n) is 17.4. The summed E-state index contributed by atoms with van der Waals surface area (Å²) in [6, 6.07) is 29.8. The summed E-state index contributed by atoms with van der Waals surface area (Å²) in [6.07, 6.45) is 3.77. The number of aromatic nitrogens is 4. The van der Waals surface area contributed by atoms with Crippen molar-refractivity contribution in [2.45, 2.75) is 81.1 Å². The number of ether oxygens (including phenoxy) is 1. The fourth-order valence-electron chi connectivity index (χ4n) is 7.24. The summed E-state index contributed by atoms with van der Waals surface area (Å²) in [7, 11) is 0. The summed E-state index contributed by atoms with van der Waals surface area (Å²) in [6.45, 7) is 20.1. The number of hydrogen-bond acceptors (Lipinski definition) is 3. The molecule has 0 spiro atoms. The number of benzene rings is 4. The van der Waals surface area contributed by atoms with Crippen LogP contribution in [0.5, 0.6) is 11.5 Å². The first kappa shape index (κ1) is 35.4. The van der Waals surface area contributed by atoms with Crippen LogP contribution in [0, 0.1) is 53.7 Å². The number of aryl methyl sites for hydroxylation is 1. The molecule has 0 bridgehead atoms. The van der Waals surface area contributed by atoms with Gasteiger partial charge in [0.1, 0.15) is 5.82 Å². The van der Waals surface area contributed by atoms with Gasteiger partial charge in [-0.05, 0) is 122 Å². The number of fused-ring (bicyclic) bond motifs is 3. The van der Waals surface area contributed by atoms with Gasteiger partial charge in [-0.25, -0.2) is 4.98 Å². The number of hydrogen-bond donors (Lipinski definition) is 0. The van der Waals surface area contributed by atoms with E-state index in [0.717, 1.165) is 57.4 Å². The Morgan fingerprint density at radius 2 is 1.44 bits per heavy atom. The molecule has 7 aromatic rings. The molecule has 0 radical (unpaired) electrons. The van der Waals surface area contributed by atoms with E-state index >= 15 is 0 Å². The Hall–Kier alpha value is -4.47. The average molecular weight is 840 g/mol. The maximum Gasteiger partial charge on any atom is 2.00 e. The predicted molar refractivity (Wildman–Crippen MR) is 202 cm³/mol. The normalized spacial score (nSPS) is 11.5. The molecule has 0 saturated heterocycles.